The van der Waals surface area contributed by atoms with Crippen molar-refractivity contribution in [3.63, 3.8) is 0 Å². The van der Waals surface area contributed by atoms with Gasteiger partial charge in [0.1, 0.15) is 5.75 Å². The number of benzene rings is 1. The quantitative estimate of drug-likeness (QED) is 0.822. The van der Waals surface area contributed by atoms with E-state index in [9.17, 15) is 0 Å². The molecule has 0 radical (unpaired) electrons. The van der Waals surface area contributed by atoms with Gasteiger partial charge in [0.2, 0.25) is 0 Å². The van der Waals surface area contributed by atoms with Crippen LogP contribution in [-0.4, -0.2) is 31.1 Å². The molecule has 19 heavy (non-hydrogen) atoms. The first-order valence-corrected chi connectivity index (χ1v) is 7.17. The monoisotopic (exact) mass is 264 g/mol. The molecule has 1 aromatic rings. The van der Waals surface area contributed by atoms with E-state index in [0.29, 0.717) is 6.04 Å². The minimum atomic E-state index is -0.0104. The molecule has 0 fully saturated rings. The molecular weight excluding hydrogens is 236 g/mol. The van der Waals surface area contributed by atoms with Crippen molar-refractivity contribution in [2.75, 3.05) is 20.2 Å². The highest BCUT2D eigenvalue weighted by molar-refractivity contribution is 5.39. The largest absolute Gasteiger partial charge is 0.496 e. The van der Waals surface area contributed by atoms with E-state index in [2.05, 4.69) is 44.7 Å². The van der Waals surface area contributed by atoms with E-state index in [1.165, 1.54) is 5.56 Å². The molecule has 3 nitrogen and oxygen atoms in total. The fourth-order valence-electron chi connectivity index (χ4n) is 2.37. The van der Waals surface area contributed by atoms with Crippen molar-refractivity contribution in [2.45, 2.75) is 46.2 Å². The molecule has 2 unspecified atom stereocenters. The van der Waals surface area contributed by atoms with Crippen molar-refractivity contribution in [3.05, 3.63) is 29.3 Å². The highest BCUT2D eigenvalue weighted by atomic mass is 16.5. The van der Waals surface area contributed by atoms with Gasteiger partial charge < -0.3 is 10.5 Å². The van der Waals surface area contributed by atoms with Gasteiger partial charge in [-0.15, -0.1) is 0 Å². The van der Waals surface area contributed by atoms with Crippen LogP contribution in [0.1, 0.15) is 44.4 Å². The lowest BCUT2D eigenvalue weighted by Gasteiger charge is -2.30. The second-order valence-corrected chi connectivity index (χ2v) is 5.20. The van der Waals surface area contributed by atoms with Crippen LogP contribution in [0.5, 0.6) is 5.75 Å². The number of nitrogens with zero attached hydrogens (tertiary/aromatic N) is 1. The van der Waals surface area contributed by atoms with Crippen molar-refractivity contribution < 1.29 is 4.74 Å². The van der Waals surface area contributed by atoms with Crippen molar-refractivity contribution >= 4 is 0 Å². The molecule has 1 rings (SSSR count). The van der Waals surface area contributed by atoms with Crippen LogP contribution in [-0.2, 0) is 0 Å². The summed E-state index contributed by atoms with van der Waals surface area (Å²) in [5.41, 5.74) is 8.71. The van der Waals surface area contributed by atoms with Gasteiger partial charge >= 0.3 is 0 Å². The molecular formula is C16H28N2O. The van der Waals surface area contributed by atoms with Crippen molar-refractivity contribution in [1.29, 1.82) is 0 Å². The molecule has 0 aliphatic carbocycles. The molecule has 0 aromatic heterocycles. The van der Waals surface area contributed by atoms with E-state index >= 15 is 0 Å². The SMILES string of the molecule is CCC(C)N(CC)CC(N)c1cc(C)ccc1OC. The third-order valence-corrected chi connectivity index (χ3v) is 3.84. The lowest BCUT2D eigenvalue weighted by atomic mass is 10.0. The van der Waals surface area contributed by atoms with Gasteiger partial charge in [-0.3, -0.25) is 4.90 Å². The van der Waals surface area contributed by atoms with Crippen LogP contribution in [0.2, 0.25) is 0 Å². The molecule has 2 N–H and O–H groups in total. The first-order valence-electron chi connectivity index (χ1n) is 7.17. The van der Waals surface area contributed by atoms with E-state index in [1.807, 2.05) is 6.07 Å². The van der Waals surface area contributed by atoms with E-state index in [4.69, 9.17) is 10.5 Å². The molecule has 108 valence electrons. The van der Waals surface area contributed by atoms with Gasteiger partial charge in [0.15, 0.2) is 0 Å². The molecule has 1 aromatic carbocycles. The Morgan fingerprint density at radius 3 is 2.53 bits per heavy atom. The predicted molar refractivity (Wildman–Crippen MR) is 81.7 cm³/mol. The molecule has 0 aliphatic rings. The van der Waals surface area contributed by atoms with Gasteiger partial charge in [-0.05, 0) is 32.9 Å². The maximum atomic E-state index is 6.39. The summed E-state index contributed by atoms with van der Waals surface area (Å²) in [7, 11) is 1.70. The average Bonchev–Trinajstić information content (AvgIpc) is 2.43. The van der Waals surface area contributed by atoms with Gasteiger partial charge in [0.05, 0.1) is 7.11 Å². The van der Waals surface area contributed by atoms with Gasteiger partial charge in [-0.25, -0.2) is 0 Å². The molecule has 0 bridgehead atoms. The summed E-state index contributed by atoms with van der Waals surface area (Å²) < 4.78 is 5.42. The Morgan fingerprint density at radius 2 is 2.00 bits per heavy atom. The van der Waals surface area contributed by atoms with Crippen LogP contribution >= 0.6 is 0 Å². The highest BCUT2D eigenvalue weighted by Gasteiger charge is 2.18. The summed E-state index contributed by atoms with van der Waals surface area (Å²) >= 11 is 0. The number of ether oxygens (including phenoxy) is 1. The molecule has 0 saturated carbocycles. The Balaban J connectivity index is 2.87. The van der Waals surface area contributed by atoms with Crippen LogP contribution < -0.4 is 10.5 Å². The maximum absolute atomic E-state index is 6.39. The summed E-state index contributed by atoms with van der Waals surface area (Å²) in [4.78, 5) is 2.42. The van der Waals surface area contributed by atoms with Crippen LogP contribution in [0.25, 0.3) is 0 Å². The predicted octanol–water partition coefficient (Wildman–Crippen LogP) is 3.12. The van der Waals surface area contributed by atoms with E-state index < -0.39 is 0 Å². The number of likely N-dealkylation sites (N-methyl/N-ethyl adjacent to an activating group) is 1. The van der Waals surface area contributed by atoms with E-state index in [-0.39, 0.29) is 6.04 Å². The number of nitrogens with two attached hydrogens (primary N) is 1. The van der Waals surface area contributed by atoms with Crippen LogP contribution in [0, 0.1) is 6.92 Å². The van der Waals surface area contributed by atoms with E-state index in [1.54, 1.807) is 7.11 Å². The molecule has 0 spiro atoms. The smallest absolute Gasteiger partial charge is 0.123 e. The van der Waals surface area contributed by atoms with Crippen LogP contribution in [0.3, 0.4) is 0 Å². The second kappa shape index (κ2) is 7.51. The first kappa shape index (κ1) is 16.0. The van der Waals surface area contributed by atoms with Crippen molar-refractivity contribution in [3.8, 4) is 5.75 Å². The number of hydrogen-bond donors (Lipinski definition) is 1. The fourth-order valence-corrected chi connectivity index (χ4v) is 2.37. The summed E-state index contributed by atoms with van der Waals surface area (Å²) in [6.45, 7) is 10.6. The minimum absolute atomic E-state index is 0.0104. The molecule has 2 atom stereocenters. The lowest BCUT2D eigenvalue weighted by molar-refractivity contribution is 0.201. The number of aryl methyl sites for hydroxylation is 1. The fraction of sp³-hybridized carbons (Fsp3) is 0.625. The normalized spacial score (nSPS) is 14.5. The lowest BCUT2D eigenvalue weighted by Crippen LogP contribution is -2.38. The third kappa shape index (κ3) is 4.22. The molecule has 0 heterocycles. The molecule has 0 saturated heterocycles. The van der Waals surface area contributed by atoms with Gasteiger partial charge in [-0.2, -0.15) is 0 Å². The van der Waals surface area contributed by atoms with E-state index in [0.717, 1.165) is 30.8 Å². The zero-order chi connectivity index (χ0) is 14.4. The third-order valence-electron chi connectivity index (χ3n) is 3.84. The molecule has 0 amide bonds. The summed E-state index contributed by atoms with van der Waals surface area (Å²) in [6, 6.07) is 6.75. The second-order valence-electron chi connectivity index (χ2n) is 5.20. The van der Waals surface area contributed by atoms with Gasteiger partial charge in [-0.1, -0.05) is 31.5 Å². The Morgan fingerprint density at radius 1 is 1.32 bits per heavy atom. The van der Waals surface area contributed by atoms with Gasteiger partial charge in [0, 0.05) is 24.2 Å². The Labute approximate surface area is 117 Å². The minimum Gasteiger partial charge on any atom is -0.496 e. The summed E-state index contributed by atoms with van der Waals surface area (Å²) in [5.74, 6) is 0.887. The summed E-state index contributed by atoms with van der Waals surface area (Å²) in [5, 5.41) is 0. The maximum Gasteiger partial charge on any atom is 0.123 e. The molecule has 3 heteroatoms. The van der Waals surface area contributed by atoms with Crippen LogP contribution in [0.4, 0.5) is 0 Å². The average molecular weight is 264 g/mol. The molecule has 0 aliphatic heterocycles. The Kier molecular flexibility index (Phi) is 6.32. The zero-order valence-corrected chi connectivity index (χ0v) is 12.9. The first-order chi connectivity index (χ1) is 9.03. The Hall–Kier alpha value is -1.06. The number of methoxy groups -OCH3 is 1. The van der Waals surface area contributed by atoms with Crippen molar-refractivity contribution in [2.24, 2.45) is 5.73 Å². The standard InChI is InChI=1S/C16H28N2O/c1-6-13(4)18(7-2)11-15(17)14-10-12(3)8-9-16(14)19-5/h8-10,13,15H,6-7,11,17H2,1-5H3. The Bertz CT molecular complexity index is 392. The van der Waals surface area contributed by atoms with Crippen LogP contribution in [0.15, 0.2) is 18.2 Å². The number of rotatable bonds is 7. The van der Waals surface area contributed by atoms with Crippen molar-refractivity contribution in [1.82, 2.24) is 4.90 Å². The zero-order valence-electron chi connectivity index (χ0n) is 12.9. The summed E-state index contributed by atoms with van der Waals surface area (Å²) in [6.07, 6.45) is 1.14. The number of hydrogen-bond acceptors (Lipinski definition) is 3. The van der Waals surface area contributed by atoms with Gasteiger partial charge in [0.25, 0.3) is 0 Å². The highest BCUT2D eigenvalue weighted by Crippen LogP contribution is 2.26. The topological polar surface area (TPSA) is 38.5 Å².